The van der Waals surface area contributed by atoms with Crippen LogP contribution < -0.4 is 10.2 Å². The van der Waals surface area contributed by atoms with E-state index in [4.69, 9.17) is 23.2 Å². The van der Waals surface area contributed by atoms with Gasteiger partial charge in [-0.05, 0) is 43.3 Å². The molecule has 1 heterocycles. The number of aromatic nitrogens is 1. The van der Waals surface area contributed by atoms with E-state index in [2.05, 4.69) is 5.32 Å². The third-order valence-electron chi connectivity index (χ3n) is 3.42. The van der Waals surface area contributed by atoms with Gasteiger partial charge in [0.15, 0.2) is 0 Å². The molecule has 7 heteroatoms. The zero-order valence-electron chi connectivity index (χ0n) is 12.1. The average molecular weight is 367 g/mol. The molecule has 0 unspecified atom stereocenters. The fourth-order valence-corrected chi connectivity index (χ4v) is 3.80. The van der Waals surface area contributed by atoms with Crippen LogP contribution in [0.25, 0.3) is 10.2 Å². The maximum atomic E-state index is 12.3. The zero-order valence-corrected chi connectivity index (χ0v) is 14.4. The van der Waals surface area contributed by atoms with Crippen molar-refractivity contribution >= 4 is 56.3 Å². The predicted octanol–water partition coefficient (Wildman–Crippen LogP) is 4.64. The minimum atomic E-state index is -0.326. The number of carbonyl (C=O) groups excluding carboxylic acids is 1. The van der Waals surface area contributed by atoms with Gasteiger partial charge in [-0.25, -0.2) is 0 Å². The van der Waals surface area contributed by atoms with E-state index in [1.807, 2.05) is 13.0 Å². The number of anilines is 1. The van der Waals surface area contributed by atoms with E-state index in [-0.39, 0.29) is 15.8 Å². The molecule has 1 aromatic heterocycles. The molecule has 1 amide bonds. The maximum Gasteiger partial charge on any atom is 0.308 e. The predicted molar refractivity (Wildman–Crippen MR) is 96.2 cm³/mol. The van der Waals surface area contributed by atoms with Gasteiger partial charge >= 0.3 is 4.87 Å². The van der Waals surface area contributed by atoms with E-state index in [0.717, 1.165) is 21.6 Å². The molecule has 0 aliphatic rings. The molecule has 0 atom stereocenters. The molecular formula is C16H12Cl2N2O2S. The van der Waals surface area contributed by atoms with Gasteiger partial charge in [0, 0.05) is 17.3 Å². The van der Waals surface area contributed by atoms with Crippen molar-refractivity contribution < 1.29 is 4.79 Å². The minimum Gasteiger partial charge on any atom is -0.322 e. The Hall–Kier alpha value is -1.82. The van der Waals surface area contributed by atoms with Gasteiger partial charge < -0.3 is 5.32 Å². The Bertz CT molecular complexity index is 962. The molecule has 118 valence electrons. The summed E-state index contributed by atoms with van der Waals surface area (Å²) in [6.45, 7) is 2.54. The molecule has 0 aliphatic heterocycles. The van der Waals surface area contributed by atoms with Crippen LogP contribution in [-0.2, 0) is 6.54 Å². The Kier molecular flexibility index (Phi) is 4.43. The van der Waals surface area contributed by atoms with E-state index in [0.29, 0.717) is 22.8 Å². The SMILES string of the molecule is CCn1c(=O)sc2cc(NC(=O)c3ccc(Cl)cc3Cl)ccc21. The molecular weight excluding hydrogens is 355 g/mol. The molecule has 0 saturated heterocycles. The highest BCUT2D eigenvalue weighted by molar-refractivity contribution is 7.16. The molecule has 2 aromatic carbocycles. The topological polar surface area (TPSA) is 51.1 Å². The first-order chi connectivity index (χ1) is 11.0. The van der Waals surface area contributed by atoms with Gasteiger partial charge in [0.1, 0.15) is 0 Å². The number of hydrogen-bond donors (Lipinski definition) is 1. The van der Waals surface area contributed by atoms with Crippen LogP contribution in [-0.4, -0.2) is 10.5 Å². The quantitative estimate of drug-likeness (QED) is 0.733. The number of rotatable bonds is 3. The lowest BCUT2D eigenvalue weighted by Crippen LogP contribution is -2.12. The summed E-state index contributed by atoms with van der Waals surface area (Å²) in [4.78, 5) is 24.2. The first-order valence-electron chi connectivity index (χ1n) is 6.89. The highest BCUT2D eigenvalue weighted by atomic mass is 35.5. The molecule has 0 fully saturated rings. The molecule has 0 radical (unpaired) electrons. The standard InChI is InChI=1S/C16H12Cl2N2O2S/c1-2-20-13-6-4-10(8-14(13)23-16(20)22)19-15(21)11-5-3-9(17)7-12(11)18/h3-8H,2H2,1H3,(H,19,21). The van der Waals surface area contributed by atoms with Crippen molar-refractivity contribution in [2.75, 3.05) is 5.32 Å². The highest BCUT2D eigenvalue weighted by Crippen LogP contribution is 2.24. The van der Waals surface area contributed by atoms with Crippen LogP contribution in [0.1, 0.15) is 17.3 Å². The van der Waals surface area contributed by atoms with Crippen molar-refractivity contribution in [1.29, 1.82) is 0 Å². The second-order valence-electron chi connectivity index (χ2n) is 4.87. The zero-order chi connectivity index (χ0) is 16.6. The molecule has 23 heavy (non-hydrogen) atoms. The summed E-state index contributed by atoms with van der Waals surface area (Å²) >= 11 is 13.0. The van der Waals surface area contributed by atoms with E-state index < -0.39 is 0 Å². The van der Waals surface area contributed by atoms with Crippen molar-refractivity contribution in [2.45, 2.75) is 13.5 Å². The summed E-state index contributed by atoms with van der Waals surface area (Å²) < 4.78 is 2.53. The van der Waals surface area contributed by atoms with Gasteiger partial charge in [0.2, 0.25) is 0 Å². The second kappa shape index (κ2) is 6.35. The largest absolute Gasteiger partial charge is 0.322 e. The molecule has 1 N–H and O–H groups in total. The van der Waals surface area contributed by atoms with Crippen molar-refractivity contribution in [1.82, 2.24) is 4.57 Å². The smallest absolute Gasteiger partial charge is 0.308 e. The first-order valence-corrected chi connectivity index (χ1v) is 8.46. The number of fused-ring (bicyclic) bond motifs is 1. The van der Waals surface area contributed by atoms with E-state index >= 15 is 0 Å². The van der Waals surface area contributed by atoms with Gasteiger partial charge in [0.25, 0.3) is 5.91 Å². The normalized spacial score (nSPS) is 10.9. The molecule has 0 bridgehead atoms. The third-order valence-corrected chi connectivity index (χ3v) is 4.91. The maximum absolute atomic E-state index is 12.3. The molecule has 0 aliphatic carbocycles. The highest BCUT2D eigenvalue weighted by Gasteiger charge is 2.12. The van der Waals surface area contributed by atoms with Crippen molar-refractivity contribution in [2.24, 2.45) is 0 Å². The van der Waals surface area contributed by atoms with Crippen LogP contribution in [0.2, 0.25) is 10.0 Å². The van der Waals surface area contributed by atoms with Crippen LogP contribution >= 0.6 is 34.5 Å². The van der Waals surface area contributed by atoms with Crippen LogP contribution in [0.4, 0.5) is 5.69 Å². The lowest BCUT2D eigenvalue weighted by Gasteiger charge is -2.07. The number of benzene rings is 2. The Labute approximate surface area is 146 Å². The summed E-state index contributed by atoms with van der Waals surface area (Å²) in [5.41, 5.74) is 1.82. The molecule has 4 nitrogen and oxygen atoms in total. The van der Waals surface area contributed by atoms with Gasteiger partial charge in [-0.3, -0.25) is 14.2 Å². The minimum absolute atomic E-state index is 0.00766. The van der Waals surface area contributed by atoms with Crippen LogP contribution in [0.3, 0.4) is 0 Å². The molecule has 3 aromatic rings. The number of nitrogens with zero attached hydrogens (tertiary/aromatic N) is 1. The van der Waals surface area contributed by atoms with E-state index in [1.54, 1.807) is 28.8 Å². The first kappa shape index (κ1) is 16.1. The van der Waals surface area contributed by atoms with E-state index in [1.165, 1.54) is 6.07 Å². The number of thiazole rings is 1. The van der Waals surface area contributed by atoms with Crippen LogP contribution in [0.5, 0.6) is 0 Å². The summed E-state index contributed by atoms with van der Waals surface area (Å²) in [6, 6.07) is 10.1. The number of amides is 1. The number of nitrogens with one attached hydrogen (secondary N) is 1. The number of halogens is 2. The van der Waals surface area contributed by atoms with Crippen molar-refractivity contribution in [3.63, 3.8) is 0 Å². The third kappa shape index (κ3) is 3.13. The van der Waals surface area contributed by atoms with Crippen molar-refractivity contribution in [3.05, 3.63) is 61.7 Å². The summed E-state index contributed by atoms with van der Waals surface area (Å²) in [5, 5.41) is 3.55. The van der Waals surface area contributed by atoms with Gasteiger partial charge in [-0.2, -0.15) is 0 Å². The summed E-state index contributed by atoms with van der Waals surface area (Å²) in [6.07, 6.45) is 0. The lowest BCUT2D eigenvalue weighted by molar-refractivity contribution is 0.102. The van der Waals surface area contributed by atoms with Crippen LogP contribution in [0, 0.1) is 0 Å². The number of hydrogen-bond acceptors (Lipinski definition) is 3. The van der Waals surface area contributed by atoms with Crippen LogP contribution in [0.15, 0.2) is 41.2 Å². The molecule has 3 rings (SSSR count). The Morgan fingerprint density at radius 2 is 2.00 bits per heavy atom. The Morgan fingerprint density at radius 3 is 2.70 bits per heavy atom. The van der Waals surface area contributed by atoms with Gasteiger partial charge in [-0.15, -0.1) is 0 Å². The summed E-state index contributed by atoms with van der Waals surface area (Å²) in [7, 11) is 0. The number of carbonyl (C=O) groups is 1. The molecule has 0 saturated carbocycles. The second-order valence-corrected chi connectivity index (χ2v) is 6.71. The lowest BCUT2D eigenvalue weighted by atomic mass is 10.2. The number of aryl methyl sites for hydroxylation is 1. The summed E-state index contributed by atoms with van der Waals surface area (Å²) in [5.74, 6) is -0.326. The van der Waals surface area contributed by atoms with Gasteiger partial charge in [-0.1, -0.05) is 34.5 Å². The fourth-order valence-electron chi connectivity index (χ4n) is 2.32. The van der Waals surface area contributed by atoms with Crippen molar-refractivity contribution in [3.8, 4) is 0 Å². The monoisotopic (exact) mass is 366 g/mol. The Morgan fingerprint density at radius 1 is 1.22 bits per heavy atom. The average Bonchev–Trinajstić information content (AvgIpc) is 2.81. The Balaban J connectivity index is 1.92. The molecule has 0 spiro atoms. The fraction of sp³-hybridized carbons (Fsp3) is 0.125. The van der Waals surface area contributed by atoms with E-state index in [9.17, 15) is 9.59 Å². The van der Waals surface area contributed by atoms with Gasteiger partial charge in [0.05, 0.1) is 20.8 Å².